The van der Waals surface area contributed by atoms with E-state index < -0.39 is 11.3 Å². The summed E-state index contributed by atoms with van der Waals surface area (Å²) in [5.74, 6) is -0.503. The van der Waals surface area contributed by atoms with E-state index >= 15 is 0 Å². The number of esters is 1. The number of aromatic amines is 1. The molecular weight excluding hydrogens is 396 g/mol. The van der Waals surface area contributed by atoms with Gasteiger partial charge in [-0.1, -0.05) is 48.5 Å². The van der Waals surface area contributed by atoms with E-state index in [1.54, 1.807) is 24.9 Å². The maximum Gasteiger partial charge on any atom is 0.306 e. The summed E-state index contributed by atoms with van der Waals surface area (Å²) in [4.78, 5) is 29.4. The smallest absolute Gasteiger partial charge is 0.306 e. The first kappa shape index (κ1) is 20.2. The van der Waals surface area contributed by atoms with Gasteiger partial charge in [-0.25, -0.2) is 0 Å². The van der Waals surface area contributed by atoms with Crippen LogP contribution in [0.3, 0.4) is 0 Å². The van der Waals surface area contributed by atoms with E-state index in [1.165, 1.54) is 0 Å². The normalized spacial score (nSPS) is 23.2. The van der Waals surface area contributed by atoms with Gasteiger partial charge in [-0.15, -0.1) is 0 Å². The molecule has 1 fully saturated rings. The summed E-state index contributed by atoms with van der Waals surface area (Å²) in [6.45, 7) is 2.03. The first-order valence-electron chi connectivity index (χ1n) is 9.96. The average molecular weight is 419 g/mol. The number of ketones is 1. The predicted octanol–water partition coefficient (Wildman–Crippen LogP) is 4.92. The van der Waals surface area contributed by atoms with Crippen LogP contribution in [-0.4, -0.2) is 29.1 Å². The molecule has 0 unspecified atom stereocenters. The van der Waals surface area contributed by atoms with Gasteiger partial charge >= 0.3 is 5.97 Å². The molecule has 0 bridgehead atoms. The van der Waals surface area contributed by atoms with Gasteiger partial charge in [-0.2, -0.15) is 17.0 Å². The number of fused-ring (bicyclic) bond motifs is 1. The van der Waals surface area contributed by atoms with Crippen molar-refractivity contribution in [3.63, 3.8) is 0 Å². The summed E-state index contributed by atoms with van der Waals surface area (Å²) >= 11 is 1.56. The van der Waals surface area contributed by atoms with Crippen LogP contribution in [0.15, 0.2) is 60.8 Å². The summed E-state index contributed by atoms with van der Waals surface area (Å²) in [6, 6.07) is 19.6. The van der Waals surface area contributed by atoms with Gasteiger partial charge in [0.1, 0.15) is 5.41 Å². The Labute approximate surface area is 179 Å². The zero-order valence-electron chi connectivity index (χ0n) is 16.6. The number of para-hydroxylation sites is 1. The average Bonchev–Trinajstić information content (AvgIpc) is 3.36. The van der Waals surface area contributed by atoms with Crippen LogP contribution in [0.5, 0.6) is 0 Å². The molecule has 1 aromatic heterocycles. The number of H-pyrrole nitrogens is 1. The highest BCUT2D eigenvalue weighted by Gasteiger charge is 2.58. The van der Waals surface area contributed by atoms with Crippen molar-refractivity contribution < 1.29 is 14.3 Å². The molecule has 5 nitrogen and oxygen atoms in total. The molecule has 1 saturated heterocycles. The Balaban J connectivity index is 1.83. The third kappa shape index (κ3) is 3.29. The highest BCUT2D eigenvalue weighted by Crippen LogP contribution is 2.59. The maximum absolute atomic E-state index is 14.0. The molecule has 1 aliphatic heterocycles. The number of nitrogens with one attached hydrogen (secondary N) is 1. The van der Waals surface area contributed by atoms with Crippen LogP contribution < -0.4 is 0 Å². The number of ether oxygens (including phenoxy) is 1. The third-order valence-corrected chi connectivity index (χ3v) is 7.31. The molecule has 0 aliphatic carbocycles. The molecule has 2 heterocycles. The van der Waals surface area contributed by atoms with Gasteiger partial charge in [0.15, 0.2) is 5.78 Å². The second-order valence-electron chi connectivity index (χ2n) is 7.39. The summed E-state index contributed by atoms with van der Waals surface area (Å²) in [7, 11) is 0. The van der Waals surface area contributed by atoms with E-state index in [1.807, 2.05) is 54.6 Å². The molecular formula is C24H22N2O3S. The topological polar surface area (TPSA) is 82.9 Å². The van der Waals surface area contributed by atoms with Crippen molar-refractivity contribution in [2.75, 3.05) is 12.4 Å². The summed E-state index contributed by atoms with van der Waals surface area (Å²) in [5.41, 5.74) is 0.898. The number of thioether (sulfide) groups is 1. The number of benzene rings is 2. The minimum atomic E-state index is -1.36. The van der Waals surface area contributed by atoms with Gasteiger partial charge in [0.2, 0.25) is 0 Å². The van der Waals surface area contributed by atoms with E-state index in [4.69, 9.17) is 4.74 Å². The van der Waals surface area contributed by atoms with Gasteiger partial charge in [-0.3, -0.25) is 9.59 Å². The second kappa shape index (κ2) is 8.37. The minimum Gasteiger partial charge on any atom is -0.466 e. The highest BCUT2D eigenvalue weighted by molar-refractivity contribution is 7.99. The lowest BCUT2D eigenvalue weighted by molar-refractivity contribution is -0.144. The molecule has 1 N–H and O–H groups in total. The number of Topliss-reactive ketones (excluding diaryl/α,β-unsaturated/α-hetero) is 1. The monoisotopic (exact) mass is 418 g/mol. The lowest BCUT2D eigenvalue weighted by Gasteiger charge is -2.31. The summed E-state index contributed by atoms with van der Waals surface area (Å²) in [5, 5.41) is 10.9. The molecule has 152 valence electrons. The van der Waals surface area contributed by atoms with Crippen molar-refractivity contribution in [3.05, 3.63) is 71.9 Å². The van der Waals surface area contributed by atoms with Crippen molar-refractivity contribution in [1.29, 1.82) is 5.26 Å². The van der Waals surface area contributed by atoms with Gasteiger partial charge in [0.05, 0.1) is 24.3 Å². The van der Waals surface area contributed by atoms with Crippen molar-refractivity contribution in [2.24, 2.45) is 11.3 Å². The van der Waals surface area contributed by atoms with Crippen molar-refractivity contribution in [2.45, 2.75) is 18.6 Å². The van der Waals surface area contributed by atoms with Gasteiger partial charge in [-0.05, 0) is 24.3 Å². The standard InChI is InChI=1S/C24H22N2O3S/c1-2-29-21(27)12-17-14-30-23(16-8-4-3-5-9-16)24(17,15-25)22(28)19-13-26-20-11-7-6-10-18(19)20/h3-11,13,17,23,26H,2,12,14H2,1H3/t17-,23+,24+/m1/s1. The Kier molecular flexibility index (Phi) is 5.65. The van der Waals surface area contributed by atoms with Crippen LogP contribution in [0.4, 0.5) is 0 Å². The fourth-order valence-corrected chi connectivity index (χ4v) is 6.07. The molecule has 0 amide bonds. The summed E-state index contributed by atoms with van der Waals surface area (Å²) < 4.78 is 5.15. The van der Waals surface area contributed by atoms with E-state index in [-0.39, 0.29) is 30.0 Å². The first-order chi connectivity index (χ1) is 14.6. The van der Waals surface area contributed by atoms with Gasteiger partial charge in [0.25, 0.3) is 0 Å². The quantitative estimate of drug-likeness (QED) is 0.454. The molecule has 1 aliphatic rings. The van der Waals surface area contributed by atoms with E-state index in [2.05, 4.69) is 11.1 Å². The molecule has 2 aromatic carbocycles. The Hall–Kier alpha value is -3.04. The Morgan fingerprint density at radius 1 is 1.20 bits per heavy atom. The fourth-order valence-electron chi connectivity index (χ4n) is 4.30. The van der Waals surface area contributed by atoms with Crippen LogP contribution in [-0.2, 0) is 9.53 Å². The lowest BCUT2D eigenvalue weighted by Crippen LogP contribution is -2.39. The van der Waals surface area contributed by atoms with Crippen LogP contribution in [0.25, 0.3) is 10.9 Å². The zero-order chi connectivity index (χ0) is 21.1. The zero-order valence-corrected chi connectivity index (χ0v) is 17.4. The number of nitriles is 1. The molecule has 0 spiro atoms. The molecule has 4 rings (SSSR count). The Bertz CT molecular complexity index is 1120. The number of nitrogens with zero attached hydrogens (tertiary/aromatic N) is 1. The number of aromatic nitrogens is 1. The predicted molar refractivity (Wildman–Crippen MR) is 117 cm³/mol. The maximum atomic E-state index is 14.0. The lowest BCUT2D eigenvalue weighted by atomic mass is 9.67. The highest BCUT2D eigenvalue weighted by atomic mass is 32.2. The van der Waals surface area contributed by atoms with E-state index in [0.717, 1.165) is 16.5 Å². The fraction of sp³-hybridized carbons (Fsp3) is 0.292. The molecule has 3 atom stereocenters. The SMILES string of the molecule is CCOC(=O)C[C@@H]1CS[C@@H](c2ccccc2)[C@]1(C#N)C(=O)c1c[nH]c2ccccc12. The van der Waals surface area contributed by atoms with Crippen LogP contribution in [0.1, 0.15) is 34.5 Å². The van der Waals surface area contributed by atoms with Crippen LogP contribution >= 0.6 is 11.8 Å². The molecule has 0 saturated carbocycles. The van der Waals surface area contributed by atoms with Crippen molar-refractivity contribution >= 4 is 34.4 Å². The van der Waals surface area contributed by atoms with Gasteiger partial charge in [0, 0.05) is 28.6 Å². The second-order valence-corrected chi connectivity index (χ2v) is 8.53. The number of hydrogen-bond acceptors (Lipinski definition) is 5. The molecule has 0 radical (unpaired) electrons. The van der Waals surface area contributed by atoms with Gasteiger partial charge < -0.3 is 9.72 Å². The van der Waals surface area contributed by atoms with Crippen LogP contribution in [0.2, 0.25) is 0 Å². The van der Waals surface area contributed by atoms with E-state index in [9.17, 15) is 14.9 Å². The molecule has 30 heavy (non-hydrogen) atoms. The number of carbonyl (C=O) groups is 2. The van der Waals surface area contributed by atoms with Crippen LogP contribution in [0, 0.1) is 22.7 Å². The Morgan fingerprint density at radius 3 is 2.67 bits per heavy atom. The molecule has 6 heteroatoms. The first-order valence-corrected chi connectivity index (χ1v) is 11.0. The largest absolute Gasteiger partial charge is 0.466 e. The van der Waals surface area contributed by atoms with E-state index in [0.29, 0.717) is 11.3 Å². The number of carbonyl (C=O) groups excluding carboxylic acids is 2. The number of rotatable bonds is 6. The minimum absolute atomic E-state index is 0.0474. The third-order valence-electron chi connectivity index (χ3n) is 5.74. The van der Waals surface area contributed by atoms with Crippen molar-refractivity contribution in [3.8, 4) is 6.07 Å². The molecule has 3 aromatic rings. The number of hydrogen-bond donors (Lipinski definition) is 1. The van der Waals surface area contributed by atoms with Crippen molar-refractivity contribution in [1.82, 2.24) is 4.98 Å². The summed E-state index contributed by atoms with van der Waals surface area (Å²) in [6.07, 6.45) is 1.73. The Morgan fingerprint density at radius 2 is 1.93 bits per heavy atom.